The number of ether oxygens (including phenoxy) is 1. The van der Waals surface area contributed by atoms with Crippen LogP contribution in [0.25, 0.3) is 0 Å². The zero-order chi connectivity index (χ0) is 18.5. The summed E-state index contributed by atoms with van der Waals surface area (Å²) in [5.41, 5.74) is 1.19. The topological polar surface area (TPSA) is 61.8 Å². The number of hydrogen-bond donors (Lipinski definition) is 2. The maximum Gasteiger partial charge on any atom is 0.316 e. The Bertz CT molecular complexity index is 843. The number of carbonyl (C=O) groups excluding carboxylic acids is 1. The highest BCUT2D eigenvalue weighted by atomic mass is 16.5. The van der Waals surface area contributed by atoms with Crippen molar-refractivity contribution >= 4 is 11.7 Å². The van der Waals surface area contributed by atoms with Crippen molar-refractivity contribution in [3.8, 4) is 0 Å². The molecule has 2 bridgehead atoms. The highest BCUT2D eigenvalue weighted by molar-refractivity contribution is 5.85. The van der Waals surface area contributed by atoms with E-state index >= 15 is 0 Å². The largest absolute Gasteiger partial charge is 0.468 e. The first-order chi connectivity index (χ1) is 13.1. The number of nitrogens with zero attached hydrogens (tertiary/aromatic N) is 1. The molecule has 3 spiro atoms. The third-order valence-corrected chi connectivity index (χ3v) is 9.16. The second kappa shape index (κ2) is 4.87. The van der Waals surface area contributed by atoms with Crippen molar-refractivity contribution in [2.45, 2.75) is 55.5 Å². The molecule has 0 aromatic heterocycles. The van der Waals surface area contributed by atoms with E-state index in [1.54, 1.807) is 0 Å². The van der Waals surface area contributed by atoms with Crippen molar-refractivity contribution < 1.29 is 14.6 Å². The molecular formula is C22H28N2O3. The van der Waals surface area contributed by atoms with Gasteiger partial charge in [0.1, 0.15) is 5.41 Å². The van der Waals surface area contributed by atoms with Crippen LogP contribution < -0.4 is 5.32 Å². The first-order valence-electron chi connectivity index (χ1n) is 10.4. The minimum absolute atomic E-state index is 0.104. The Morgan fingerprint density at radius 2 is 2.11 bits per heavy atom. The van der Waals surface area contributed by atoms with Crippen LogP contribution in [0, 0.1) is 10.8 Å². The van der Waals surface area contributed by atoms with Gasteiger partial charge in [-0.15, -0.1) is 0 Å². The number of para-hydroxylation sites is 1. The lowest BCUT2D eigenvalue weighted by atomic mass is 9.34. The van der Waals surface area contributed by atoms with E-state index in [0.29, 0.717) is 6.04 Å². The zero-order valence-electron chi connectivity index (χ0n) is 16.0. The lowest BCUT2D eigenvalue weighted by Crippen LogP contribution is -2.81. The number of aliphatic hydroxyl groups excluding tert-OH is 1. The number of esters is 1. The van der Waals surface area contributed by atoms with E-state index in [-0.39, 0.29) is 23.4 Å². The van der Waals surface area contributed by atoms with Gasteiger partial charge < -0.3 is 15.2 Å². The Labute approximate surface area is 160 Å². The van der Waals surface area contributed by atoms with Crippen molar-refractivity contribution in [2.24, 2.45) is 10.8 Å². The van der Waals surface area contributed by atoms with Gasteiger partial charge in [-0.1, -0.05) is 18.2 Å². The summed E-state index contributed by atoms with van der Waals surface area (Å²) in [6, 6.07) is 9.09. The van der Waals surface area contributed by atoms with E-state index in [4.69, 9.17) is 4.74 Å². The molecule has 3 aliphatic heterocycles. The molecule has 0 radical (unpaired) electrons. The highest BCUT2D eigenvalue weighted by Crippen LogP contribution is 2.77. The second-order valence-corrected chi connectivity index (χ2v) is 9.61. The zero-order valence-corrected chi connectivity index (χ0v) is 16.0. The third-order valence-electron chi connectivity index (χ3n) is 9.16. The predicted octanol–water partition coefficient (Wildman–Crippen LogP) is 2.29. The summed E-state index contributed by atoms with van der Waals surface area (Å²) in [6.45, 7) is 2.11. The number of benzene rings is 1. The summed E-state index contributed by atoms with van der Waals surface area (Å²) in [6.07, 6.45) is 6.22. The van der Waals surface area contributed by atoms with Crippen LogP contribution in [0.1, 0.15) is 44.1 Å². The monoisotopic (exact) mass is 368 g/mol. The molecule has 1 aromatic rings. The summed E-state index contributed by atoms with van der Waals surface area (Å²) in [7, 11) is 1.48. The maximum absolute atomic E-state index is 13.3. The summed E-state index contributed by atoms with van der Waals surface area (Å²) in [5.74, 6) is -0.230. The number of rotatable bonds is 2. The number of carbonyl (C=O) groups is 1. The molecule has 5 fully saturated rings. The van der Waals surface area contributed by atoms with Crippen LogP contribution in [0.15, 0.2) is 24.3 Å². The van der Waals surface area contributed by atoms with Gasteiger partial charge in [0.15, 0.2) is 0 Å². The Morgan fingerprint density at radius 1 is 1.26 bits per heavy atom. The fraction of sp³-hybridized carbons (Fsp3) is 0.682. The summed E-state index contributed by atoms with van der Waals surface area (Å²) >= 11 is 0. The Kier molecular flexibility index (Phi) is 2.95. The lowest BCUT2D eigenvalue weighted by molar-refractivity contribution is -0.206. The minimum Gasteiger partial charge on any atom is -0.468 e. The first-order valence-corrected chi connectivity index (χ1v) is 10.4. The molecule has 3 saturated carbocycles. The third kappa shape index (κ3) is 1.47. The number of nitrogens with one attached hydrogen (secondary N) is 1. The van der Waals surface area contributed by atoms with E-state index in [1.165, 1.54) is 19.1 Å². The van der Waals surface area contributed by atoms with Crippen LogP contribution in [-0.4, -0.2) is 54.4 Å². The van der Waals surface area contributed by atoms with Crippen LogP contribution in [-0.2, 0) is 14.9 Å². The van der Waals surface area contributed by atoms with E-state index in [1.807, 2.05) is 0 Å². The predicted molar refractivity (Wildman–Crippen MR) is 102 cm³/mol. The van der Waals surface area contributed by atoms with Gasteiger partial charge >= 0.3 is 5.97 Å². The molecule has 0 unspecified atom stereocenters. The molecule has 2 N–H and O–H groups in total. The molecule has 5 atom stereocenters. The SMILES string of the molecule is COC(=O)[C@@]1(CO)C[C@]23CCCN4CC[C@]5(c6ccccc6N[C@@]15CC2)[C@H]43. The average Bonchev–Trinajstić information content (AvgIpc) is 3.25. The van der Waals surface area contributed by atoms with E-state index < -0.39 is 11.0 Å². The number of aliphatic hydroxyl groups is 1. The lowest BCUT2D eigenvalue weighted by Gasteiger charge is -2.72. The molecule has 5 nitrogen and oxygen atoms in total. The summed E-state index contributed by atoms with van der Waals surface area (Å²) in [5, 5.41) is 14.6. The molecule has 27 heavy (non-hydrogen) atoms. The second-order valence-electron chi connectivity index (χ2n) is 9.61. The number of piperidine rings is 1. The van der Waals surface area contributed by atoms with Gasteiger partial charge in [-0.25, -0.2) is 0 Å². The van der Waals surface area contributed by atoms with Gasteiger partial charge in [0.05, 0.1) is 19.3 Å². The number of fused-ring (bicyclic) bond motifs is 3. The molecule has 2 saturated heterocycles. The number of hydrogen-bond acceptors (Lipinski definition) is 5. The van der Waals surface area contributed by atoms with Gasteiger partial charge in [-0.2, -0.15) is 0 Å². The quantitative estimate of drug-likeness (QED) is 0.785. The van der Waals surface area contributed by atoms with Crippen molar-refractivity contribution in [1.29, 1.82) is 0 Å². The van der Waals surface area contributed by atoms with Crippen molar-refractivity contribution in [3.05, 3.63) is 29.8 Å². The number of anilines is 1. The van der Waals surface area contributed by atoms with Crippen LogP contribution in [0.2, 0.25) is 0 Å². The highest BCUT2D eigenvalue weighted by Gasteiger charge is 2.83. The van der Waals surface area contributed by atoms with E-state index in [9.17, 15) is 9.90 Å². The first kappa shape index (κ1) is 16.4. The summed E-state index contributed by atoms with van der Waals surface area (Å²) < 4.78 is 5.37. The van der Waals surface area contributed by atoms with Crippen molar-refractivity contribution in [1.82, 2.24) is 4.90 Å². The van der Waals surface area contributed by atoms with Crippen LogP contribution >= 0.6 is 0 Å². The molecule has 0 amide bonds. The molecular weight excluding hydrogens is 340 g/mol. The fourth-order valence-electron chi connectivity index (χ4n) is 8.59. The molecule has 3 heterocycles. The molecule has 6 aliphatic rings. The van der Waals surface area contributed by atoms with Gasteiger partial charge in [0.25, 0.3) is 0 Å². The van der Waals surface area contributed by atoms with Gasteiger partial charge in [-0.3, -0.25) is 9.69 Å². The van der Waals surface area contributed by atoms with Gasteiger partial charge in [0.2, 0.25) is 0 Å². The molecule has 144 valence electrons. The van der Waals surface area contributed by atoms with Crippen LogP contribution in [0.3, 0.4) is 0 Å². The molecule has 3 aliphatic carbocycles. The number of methoxy groups -OCH3 is 1. The smallest absolute Gasteiger partial charge is 0.316 e. The molecule has 1 aromatic carbocycles. The average molecular weight is 368 g/mol. The molecule has 5 heteroatoms. The van der Waals surface area contributed by atoms with Gasteiger partial charge in [0, 0.05) is 17.1 Å². The van der Waals surface area contributed by atoms with Gasteiger partial charge in [-0.05, 0) is 68.7 Å². The Morgan fingerprint density at radius 3 is 2.93 bits per heavy atom. The molecule has 7 rings (SSSR count). The van der Waals surface area contributed by atoms with Crippen molar-refractivity contribution in [3.63, 3.8) is 0 Å². The normalized spacial score (nSPS) is 46.4. The maximum atomic E-state index is 13.3. The summed E-state index contributed by atoms with van der Waals surface area (Å²) in [4.78, 5) is 16.0. The standard InChI is InChI=1S/C22H28N2O3/c1-27-18(26)20(14-25)13-19-7-4-11-24-12-10-21(17(19)24)15-5-2-3-6-16(15)23-22(20,21)9-8-19/h2-3,5-6,17,23,25H,4,7-14H2,1H3/t17-,19+,20+,21+,22+/m1/s1. The Hall–Kier alpha value is -1.59. The minimum atomic E-state index is -0.872. The van der Waals surface area contributed by atoms with Crippen LogP contribution in [0.5, 0.6) is 0 Å². The van der Waals surface area contributed by atoms with E-state index in [2.05, 4.69) is 34.5 Å². The Balaban J connectivity index is 1.69. The van der Waals surface area contributed by atoms with Crippen molar-refractivity contribution in [2.75, 3.05) is 32.1 Å². The van der Waals surface area contributed by atoms with E-state index in [0.717, 1.165) is 50.9 Å². The van der Waals surface area contributed by atoms with Crippen LogP contribution in [0.4, 0.5) is 5.69 Å². The fourth-order valence-corrected chi connectivity index (χ4v) is 8.59.